The first-order valence-corrected chi connectivity index (χ1v) is 10.8. The van der Waals surface area contributed by atoms with Crippen molar-refractivity contribution in [1.29, 1.82) is 0 Å². The molecule has 2 aromatic carbocycles. The minimum absolute atomic E-state index is 0.0299. The number of anilines is 1. The third-order valence-electron chi connectivity index (χ3n) is 5.03. The van der Waals surface area contributed by atoms with Gasteiger partial charge in [0.15, 0.2) is 17.3 Å². The Labute approximate surface area is 199 Å². The topological polar surface area (TPSA) is 98.4 Å². The zero-order valence-electron chi connectivity index (χ0n) is 18.8. The second-order valence-electron chi connectivity index (χ2n) is 7.53. The van der Waals surface area contributed by atoms with Crippen molar-refractivity contribution in [3.63, 3.8) is 0 Å². The summed E-state index contributed by atoms with van der Waals surface area (Å²) >= 11 is 0. The van der Waals surface area contributed by atoms with Crippen LogP contribution in [-0.2, 0) is 19.7 Å². The van der Waals surface area contributed by atoms with Crippen LogP contribution < -0.4 is 15.4 Å². The summed E-state index contributed by atoms with van der Waals surface area (Å²) in [5, 5.41) is 9.68. The number of hydrogen-bond acceptors (Lipinski definition) is 5. The Balaban J connectivity index is 1.44. The van der Waals surface area contributed by atoms with Crippen LogP contribution in [0.3, 0.4) is 0 Å². The van der Waals surface area contributed by atoms with Crippen molar-refractivity contribution in [1.82, 2.24) is 15.1 Å². The van der Waals surface area contributed by atoms with Crippen LogP contribution in [0.15, 0.2) is 71.5 Å². The molecule has 2 heterocycles. The molecule has 180 valence electrons. The Bertz CT molecular complexity index is 1340. The zero-order chi connectivity index (χ0) is 24.8. The van der Waals surface area contributed by atoms with E-state index in [4.69, 9.17) is 9.15 Å². The van der Waals surface area contributed by atoms with Gasteiger partial charge in [0, 0.05) is 24.4 Å². The van der Waals surface area contributed by atoms with Gasteiger partial charge in [-0.15, -0.1) is 0 Å². The van der Waals surface area contributed by atoms with Crippen LogP contribution in [0.4, 0.5) is 14.5 Å². The molecule has 2 N–H and O–H groups in total. The molecule has 10 heteroatoms. The van der Waals surface area contributed by atoms with Gasteiger partial charge < -0.3 is 19.8 Å². The molecule has 0 fully saturated rings. The highest BCUT2D eigenvalue weighted by molar-refractivity contribution is 6.08. The number of aromatic nitrogens is 2. The van der Waals surface area contributed by atoms with Crippen molar-refractivity contribution in [3.05, 3.63) is 101 Å². The van der Waals surface area contributed by atoms with Crippen molar-refractivity contribution in [2.45, 2.75) is 26.6 Å². The maximum Gasteiger partial charge on any atom is 0.274 e. The number of halogens is 2. The fourth-order valence-electron chi connectivity index (χ4n) is 3.26. The Kier molecular flexibility index (Phi) is 7.20. The summed E-state index contributed by atoms with van der Waals surface area (Å²) in [6.45, 7) is 2.50. The Hall–Kier alpha value is -4.47. The van der Waals surface area contributed by atoms with E-state index in [1.54, 1.807) is 47.3 Å². The Morgan fingerprint density at radius 3 is 2.69 bits per heavy atom. The smallest absolute Gasteiger partial charge is 0.274 e. The predicted molar refractivity (Wildman–Crippen MR) is 123 cm³/mol. The number of aryl methyl sites for hydroxylation is 1. The molecule has 0 saturated heterocycles. The monoisotopic (exact) mass is 480 g/mol. The fraction of sp³-hybridized carbons (Fsp3) is 0.160. The molecule has 2 amide bonds. The first-order chi connectivity index (χ1) is 16.9. The molecule has 0 saturated carbocycles. The fourth-order valence-corrected chi connectivity index (χ4v) is 3.26. The average molecular weight is 480 g/mol. The van der Waals surface area contributed by atoms with E-state index in [0.717, 1.165) is 12.1 Å². The van der Waals surface area contributed by atoms with Gasteiger partial charge in [0.05, 0.1) is 18.5 Å². The maximum atomic E-state index is 13.8. The van der Waals surface area contributed by atoms with Gasteiger partial charge in [0.25, 0.3) is 11.8 Å². The van der Waals surface area contributed by atoms with Gasteiger partial charge in [0.2, 0.25) is 0 Å². The molecule has 35 heavy (non-hydrogen) atoms. The first-order valence-electron chi connectivity index (χ1n) is 10.8. The Morgan fingerprint density at radius 2 is 1.94 bits per heavy atom. The highest BCUT2D eigenvalue weighted by atomic mass is 19.1. The van der Waals surface area contributed by atoms with Gasteiger partial charge in [0.1, 0.15) is 18.2 Å². The van der Waals surface area contributed by atoms with Crippen molar-refractivity contribution in [2.75, 3.05) is 5.32 Å². The molecule has 0 radical (unpaired) electrons. The number of hydrogen-bond donors (Lipinski definition) is 2. The number of nitrogens with zero attached hydrogens (tertiary/aromatic N) is 2. The van der Waals surface area contributed by atoms with Crippen LogP contribution >= 0.6 is 0 Å². The number of amides is 2. The lowest BCUT2D eigenvalue weighted by molar-refractivity contribution is 0.0943. The van der Waals surface area contributed by atoms with Gasteiger partial charge in [-0.1, -0.05) is 12.1 Å². The number of rotatable bonds is 9. The summed E-state index contributed by atoms with van der Waals surface area (Å²) in [7, 11) is 0. The summed E-state index contributed by atoms with van der Waals surface area (Å²) in [5.74, 6) is -1.96. The summed E-state index contributed by atoms with van der Waals surface area (Å²) in [6, 6.07) is 13.0. The van der Waals surface area contributed by atoms with E-state index in [2.05, 4.69) is 15.7 Å². The molecular formula is C25H22F2N4O4. The van der Waals surface area contributed by atoms with Crippen molar-refractivity contribution in [3.8, 4) is 5.75 Å². The molecule has 0 unspecified atom stereocenters. The van der Waals surface area contributed by atoms with Crippen molar-refractivity contribution < 1.29 is 27.5 Å². The minimum Gasteiger partial charge on any atom is -0.486 e. The van der Waals surface area contributed by atoms with Crippen LogP contribution in [0.1, 0.15) is 39.1 Å². The second kappa shape index (κ2) is 10.6. The number of ether oxygens (including phenoxy) is 1. The number of nitrogens with one attached hydrogen (secondary N) is 2. The molecule has 4 rings (SSSR count). The van der Waals surface area contributed by atoms with Crippen molar-refractivity contribution >= 4 is 17.5 Å². The summed E-state index contributed by atoms with van der Waals surface area (Å²) < 4.78 is 39.0. The van der Waals surface area contributed by atoms with Gasteiger partial charge in [-0.05, 0) is 48.9 Å². The van der Waals surface area contributed by atoms with Crippen molar-refractivity contribution in [2.24, 2.45) is 0 Å². The molecule has 0 aliphatic heterocycles. The SMILES string of the molecule is CCn1cc(NC(=O)c2cccc(COc3ccc(F)cc3F)c2)c(C(=O)NCc2ccco2)n1. The van der Waals surface area contributed by atoms with Crippen LogP contribution in [0, 0.1) is 11.6 Å². The van der Waals surface area contributed by atoms with E-state index in [9.17, 15) is 18.4 Å². The normalized spacial score (nSPS) is 10.7. The standard InChI is InChI=1S/C25H22F2N4O4/c1-2-31-14-21(23(30-31)25(33)28-13-19-7-4-10-34-19)29-24(32)17-6-3-5-16(11-17)15-35-22-9-8-18(26)12-20(22)27/h3-12,14H,2,13,15H2,1H3,(H,28,33)(H,29,32). The molecule has 0 aliphatic carbocycles. The number of carbonyl (C=O) groups excluding carboxylic acids is 2. The average Bonchev–Trinajstić information content (AvgIpc) is 3.52. The lowest BCUT2D eigenvalue weighted by Crippen LogP contribution is -2.25. The highest BCUT2D eigenvalue weighted by Crippen LogP contribution is 2.20. The molecule has 0 atom stereocenters. The first kappa shape index (κ1) is 23.7. The van der Waals surface area contributed by atoms with E-state index in [-0.39, 0.29) is 30.3 Å². The minimum atomic E-state index is -0.815. The highest BCUT2D eigenvalue weighted by Gasteiger charge is 2.19. The Morgan fingerprint density at radius 1 is 1.09 bits per heavy atom. The zero-order valence-corrected chi connectivity index (χ0v) is 18.8. The van der Waals surface area contributed by atoms with E-state index in [1.165, 1.54) is 12.3 Å². The molecule has 2 aromatic heterocycles. The van der Waals surface area contributed by atoms with E-state index < -0.39 is 23.4 Å². The molecule has 0 bridgehead atoms. The quantitative estimate of drug-likeness (QED) is 0.367. The lowest BCUT2D eigenvalue weighted by Gasteiger charge is -2.09. The maximum absolute atomic E-state index is 13.8. The summed E-state index contributed by atoms with van der Waals surface area (Å²) in [4.78, 5) is 25.6. The molecule has 0 spiro atoms. The molecular weight excluding hydrogens is 458 g/mol. The number of benzene rings is 2. The predicted octanol–water partition coefficient (Wildman–Crippen LogP) is 4.54. The molecule has 0 aliphatic rings. The van der Waals surface area contributed by atoms with Crippen LogP contribution in [0.5, 0.6) is 5.75 Å². The van der Waals surface area contributed by atoms with Gasteiger partial charge in [-0.3, -0.25) is 14.3 Å². The van der Waals surface area contributed by atoms with Gasteiger partial charge >= 0.3 is 0 Å². The second-order valence-corrected chi connectivity index (χ2v) is 7.53. The van der Waals surface area contributed by atoms with Crippen LogP contribution in [-0.4, -0.2) is 21.6 Å². The number of carbonyl (C=O) groups is 2. The molecule has 4 aromatic rings. The van der Waals surface area contributed by atoms with Gasteiger partial charge in [-0.25, -0.2) is 8.78 Å². The third-order valence-corrected chi connectivity index (χ3v) is 5.03. The lowest BCUT2D eigenvalue weighted by atomic mass is 10.1. The third kappa shape index (κ3) is 5.91. The largest absolute Gasteiger partial charge is 0.486 e. The van der Waals surface area contributed by atoms with E-state index >= 15 is 0 Å². The van der Waals surface area contributed by atoms with Crippen LogP contribution in [0.2, 0.25) is 0 Å². The van der Waals surface area contributed by atoms with Crippen LogP contribution in [0.25, 0.3) is 0 Å². The summed E-state index contributed by atoms with van der Waals surface area (Å²) in [6.07, 6.45) is 3.08. The molecule has 8 nitrogen and oxygen atoms in total. The summed E-state index contributed by atoms with van der Waals surface area (Å²) in [5.41, 5.74) is 1.22. The van der Waals surface area contributed by atoms with Gasteiger partial charge in [-0.2, -0.15) is 5.10 Å². The van der Waals surface area contributed by atoms with E-state index in [0.29, 0.717) is 23.4 Å². The number of furan rings is 1. The van der Waals surface area contributed by atoms with E-state index in [1.807, 2.05) is 6.92 Å².